The first-order valence-electron chi connectivity index (χ1n) is 6.10. The summed E-state index contributed by atoms with van der Waals surface area (Å²) in [6.07, 6.45) is 2.33. The van der Waals surface area contributed by atoms with E-state index in [4.69, 9.17) is 10.00 Å². The van der Waals surface area contributed by atoms with Gasteiger partial charge in [-0.25, -0.2) is 4.79 Å². The zero-order valence-electron chi connectivity index (χ0n) is 10.2. The Balaban J connectivity index is 1.71. The van der Waals surface area contributed by atoms with Crippen LogP contribution in [0.15, 0.2) is 30.3 Å². The van der Waals surface area contributed by atoms with Gasteiger partial charge in [-0.3, -0.25) is 0 Å². The Morgan fingerprint density at radius 3 is 2.67 bits per heavy atom. The van der Waals surface area contributed by atoms with E-state index in [2.05, 4.69) is 11.4 Å². The fourth-order valence-corrected chi connectivity index (χ4v) is 1.95. The third-order valence-corrected chi connectivity index (χ3v) is 3.33. The summed E-state index contributed by atoms with van der Waals surface area (Å²) in [4.78, 5) is 11.5. The second-order valence-electron chi connectivity index (χ2n) is 4.66. The average Bonchev–Trinajstić information content (AvgIpc) is 2.37. The van der Waals surface area contributed by atoms with E-state index in [0.29, 0.717) is 6.54 Å². The minimum Gasteiger partial charge on any atom is -0.445 e. The fourth-order valence-electron chi connectivity index (χ4n) is 1.95. The van der Waals surface area contributed by atoms with Crippen LogP contribution in [0.4, 0.5) is 4.79 Å². The van der Waals surface area contributed by atoms with Gasteiger partial charge in [-0.1, -0.05) is 36.8 Å². The molecule has 4 heteroatoms. The summed E-state index contributed by atoms with van der Waals surface area (Å²) < 4.78 is 5.08. The zero-order valence-corrected chi connectivity index (χ0v) is 10.2. The van der Waals surface area contributed by atoms with Crippen molar-refractivity contribution in [1.82, 2.24) is 5.32 Å². The highest BCUT2D eigenvalue weighted by Crippen LogP contribution is 2.39. The van der Waals surface area contributed by atoms with E-state index in [-0.39, 0.29) is 12.0 Å². The number of benzene rings is 1. The molecule has 2 rings (SSSR count). The van der Waals surface area contributed by atoms with Crippen LogP contribution in [0.5, 0.6) is 0 Å². The number of nitriles is 1. The molecule has 0 saturated heterocycles. The van der Waals surface area contributed by atoms with Crippen molar-refractivity contribution in [1.29, 1.82) is 5.26 Å². The standard InChI is InChI=1S/C14H16N2O2/c15-10-14(7-4-8-14)11-16-13(17)18-9-12-5-2-1-3-6-12/h1-3,5-6H,4,7-9,11H2,(H,16,17). The van der Waals surface area contributed by atoms with Crippen molar-refractivity contribution in [3.8, 4) is 6.07 Å². The Labute approximate surface area is 107 Å². The van der Waals surface area contributed by atoms with Gasteiger partial charge in [0.1, 0.15) is 6.61 Å². The van der Waals surface area contributed by atoms with E-state index in [0.717, 1.165) is 24.8 Å². The predicted octanol–water partition coefficient (Wildman–Crippen LogP) is 2.61. The summed E-state index contributed by atoms with van der Waals surface area (Å²) in [5.41, 5.74) is 0.595. The number of carbonyl (C=O) groups excluding carboxylic acids is 1. The SMILES string of the molecule is N#CC1(CNC(=O)OCc2ccccc2)CCC1. The van der Waals surface area contributed by atoms with Gasteiger partial charge in [-0.15, -0.1) is 0 Å². The molecule has 1 saturated carbocycles. The molecule has 0 aromatic heterocycles. The highest BCUT2D eigenvalue weighted by Gasteiger charge is 2.37. The maximum Gasteiger partial charge on any atom is 0.407 e. The van der Waals surface area contributed by atoms with Gasteiger partial charge in [0, 0.05) is 6.54 Å². The van der Waals surface area contributed by atoms with Crippen molar-refractivity contribution >= 4 is 6.09 Å². The Morgan fingerprint density at radius 2 is 2.11 bits per heavy atom. The largest absolute Gasteiger partial charge is 0.445 e. The third-order valence-electron chi connectivity index (χ3n) is 3.33. The Morgan fingerprint density at radius 1 is 1.39 bits per heavy atom. The molecule has 0 spiro atoms. The molecular weight excluding hydrogens is 228 g/mol. The molecule has 0 bridgehead atoms. The highest BCUT2D eigenvalue weighted by atomic mass is 16.5. The third kappa shape index (κ3) is 3.01. The van der Waals surface area contributed by atoms with E-state index in [1.165, 1.54) is 0 Å². The lowest BCUT2D eigenvalue weighted by molar-refractivity contribution is 0.128. The normalized spacial score (nSPS) is 16.2. The van der Waals surface area contributed by atoms with Crippen LogP contribution in [-0.4, -0.2) is 12.6 Å². The molecule has 0 aliphatic heterocycles. The molecule has 0 heterocycles. The van der Waals surface area contributed by atoms with Crippen molar-refractivity contribution in [3.63, 3.8) is 0 Å². The van der Waals surface area contributed by atoms with Crippen molar-refractivity contribution in [2.75, 3.05) is 6.54 Å². The van der Waals surface area contributed by atoms with E-state index < -0.39 is 6.09 Å². The van der Waals surface area contributed by atoms with Crippen LogP contribution in [0, 0.1) is 16.7 Å². The minimum absolute atomic E-state index is 0.256. The topological polar surface area (TPSA) is 62.1 Å². The summed E-state index contributed by atoms with van der Waals surface area (Å²) >= 11 is 0. The quantitative estimate of drug-likeness (QED) is 0.885. The molecule has 1 amide bonds. The first kappa shape index (κ1) is 12.4. The molecule has 1 aromatic carbocycles. The lowest BCUT2D eigenvalue weighted by Crippen LogP contribution is -2.41. The van der Waals surface area contributed by atoms with Crippen molar-refractivity contribution < 1.29 is 9.53 Å². The molecule has 1 aromatic rings. The second kappa shape index (κ2) is 5.54. The number of nitrogens with one attached hydrogen (secondary N) is 1. The Bertz CT molecular complexity index is 447. The smallest absolute Gasteiger partial charge is 0.407 e. The van der Waals surface area contributed by atoms with Crippen molar-refractivity contribution in [2.45, 2.75) is 25.9 Å². The summed E-state index contributed by atoms with van der Waals surface area (Å²) in [7, 11) is 0. The Hall–Kier alpha value is -2.02. The number of amides is 1. The maximum absolute atomic E-state index is 11.5. The van der Waals surface area contributed by atoms with Gasteiger partial charge in [0.15, 0.2) is 0 Å². The number of hydrogen-bond acceptors (Lipinski definition) is 3. The predicted molar refractivity (Wildman–Crippen MR) is 66.5 cm³/mol. The molecular formula is C14H16N2O2. The maximum atomic E-state index is 11.5. The molecule has 1 aliphatic rings. The molecule has 0 atom stereocenters. The van der Waals surface area contributed by atoms with E-state index in [9.17, 15) is 4.79 Å². The first-order valence-corrected chi connectivity index (χ1v) is 6.10. The first-order chi connectivity index (χ1) is 8.74. The van der Waals surface area contributed by atoms with E-state index in [1.54, 1.807) is 0 Å². The number of ether oxygens (including phenoxy) is 1. The number of alkyl carbamates (subject to hydrolysis) is 1. The van der Waals surface area contributed by atoms with Gasteiger partial charge in [0.25, 0.3) is 0 Å². The Kier molecular flexibility index (Phi) is 3.83. The molecule has 0 radical (unpaired) electrons. The van der Waals surface area contributed by atoms with Crippen LogP contribution in [0.1, 0.15) is 24.8 Å². The van der Waals surface area contributed by atoms with Gasteiger partial charge < -0.3 is 10.1 Å². The molecule has 18 heavy (non-hydrogen) atoms. The van der Waals surface area contributed by atoms with E-state index >= 15 is 0 Å². The number of carbonyl (C=O) groups is 1. The van der Waals surface area contributed by atoms with Crippen LogP contribution < -0.4 is 5.32 Å². The van der Waals surface area contributed by atoms with E-state index in [1.807, 2.05) is 30.3 Å². The lowest BCUT2D eigenvalue weighted by atomic mass is 9.70. The average molecular weight is 244 g/mol. The second-order valence-corrected chi connectivity index (χ2v) is 4.66. The van der Waals surface area contributed by atoms with Gasteiger partial charge in [0.05, 0.1) is 11.5 Å². The van der Waals surface area contributed by atoms with Crippen LogP contribution in [0.25, 0.3) is 0 Å². The summed E-state index contributed by atoms with van der Waals surface area (Å²) in [6, 6.07) is 11.8. The van der Waals surface area contributed by atoms with Gasteiger partial charge in [-0.05, 0) is 18.4 Å². The van der Waals surface area contributed by atoms with Crippen LogP contribution in [0.3, 0.4) is 0 Å². The fraction of sp³-hybridized carbons (Fsp3) is 0.429. The lowest BCUT2D eigenvalue weighted by Gasteiger charge is -2.34. The van der Waals surface area contributed by atoms with Gasteiger partial charge in [-0.2, -0.15) is 5.26 Å². The van der Waals surface area contributed by atoms with Gasteiger partial charge in [0.2, 0.25) is 0 Å². The monoisotopic (exact) mass is 244 g/mol. The number of nitrogens with zero attached hydrogens (tertiary/aromatic N) is 1. The molecule has 94 valence electrons. The molecule has 1 aliphatic carbocycles. The molecule has 4 nitrogen and oxygen atoms in total. The van der Waals surface area contributed by atoms with Crippen LogP contribution in [-0.2, 0) is 11.3 Å². The molecule has 0 unspecified atom stereocenters. The van der Waals surface area contributed by atoms with Crippen LogP contribution >= 0.6 is 0 Å². The number of rotatable bonds is 4. The summed E-state index contributed by atoms with van der Waals surface area (Å²) in [5.74, 6) is 0. The highest BCUT2D eigenvalue weighted by molar-refractivity contribution is 5.67. The summed E-state index contributed by atoms with van der Waals surface area (Å²) in [6.45, 7) is 0.642. The van der Waals surface area contributed by atoms with Crippen LogP contribution in [0.2, 0.25) is 0 Å². The molecule has 1 N–H and O–H groups in total. The number of hydrogen-bond donors (Lipinski definition) is 1. The van der Waals surface area contributed by atoms with Gasteiger partial charge >= 0.3 is 6.09 Å². The minimum atomic E-state index is -0.458. The van der Waals surface area contributed by atoms with Crippen molar-refractivity contribution in [3.05, 3.63) is 35.9 Å². The van der Waals surface area contributed by atoms with Crippen molar-refractivity contribution in [2.24, 2.45) is 5.41 Å². The zero-order chi connectivity index (χ0) is 12.8. The molecule has 1 fully saturated rings. The summed E-state index contributed by atoms with van der Waals surface area (Å²) in [5, 5.41) is 11.7.